The number of aliphatic hydroxyl groups is 1. The van der Waals surface area contributed by atoms with Gasteiger partial charge in [-0.25, -0.2) is 14.1 Å². The summed E-state index contributed by atoms with van der Waals surface area (Å²) in [4.78, 5) is 16.0. The summed E-state index contributed by atoms with van der Waals surface area (Å²) in [7, 11) is 0. The minimum atomic E-state index is -1.57. The molecule has 0 saturated heterocycles. The van der Waals surface area contributed by atoms with Gasteiger partial charge in [-0.15, -0.1) is 5.10 Å². The zero-order chi connectivity index (χ0) is 15.2. The molecule has 0 saturated carbocycles. The van der Waals surface area contributed by atoms with Crippen LogP contribution in [-0.4, -0.2) is 31.3 Å². The summed E-state index contributed by atoms with van der Waals surface area (Å²) in [5.74, 6) is -0.597. The second-order valence-electron chi connectivity index (χ2n) is 5.76. The van der Waals surface area contributed by atoms with E-state index in [4.69, 9.17) is 0 Å². The lowest BCUT2D eigenvalue weighted by molar-refractivity contribution is 0.0475. The number of carbonyl (C=O) groups is 1. The third-order valence-corrected chi connectivity index (χ3v) is 3.61. The van der Waals surface area contributed by atoms with Crippen LogP contribution < -0.4 is 0 Å². The summed E-state index contributed by atoms with van der Waals surface area (Å²) in [6.45, 7) is 2.73. The van der Waals surface area contributed by atoms with Crippen molar-refractivity contribution in [3.8, 4) is 0 Å². The molecule has 1 aromatic heterocycles. The third-order valence-electron chi connectivity index (χ3n) is 3.61. The first kappa shape index (κ1) is 13.9. The lowest BCUT2D eigenvalue weighted by Crippen LogP contribution is -2.32. The fourth-order valence-electron chi connectivity index (χ4n) is 2.50. The van der Waals surface area contributed by atoms with E-state index >= 15 is 0 Å². The van der Waals surface area contributed by atoms with E-state index in [1.165, 1.54) is 18.5 Å². The van der Waals surface area contributed by atoms with Crippen molar-refractivity contribution in [2.24, 2.45) is 0 Å². The van der Waals surface area contributed by atoms with Crippen LogP contribution in [0.25, 0.3) is 0 Å². The van der Waals surface area contributed by atoms with Crippen molar-refractivity contribution in [2.75, 3.05) is 0 Å². The second kappa shape index (κ2) is 4.73. The topological polar surface area (TPSA) is 68.0 Å². The first-order valence-electron chi connectivity index (χ1n) is 6.80. The zero-order valence-electron chi connectivity index (χ0n) is 11.8. The van der Waals surface area contributed by atoms with Crippen LogP contribution >= 0.6 is 0 Å². The molecular formula is C15H16FN3O2. The molecule has 0 fully saturated rings. The molecule has 21 heavy (non-hydrogen) atoms. The summed E-state index contributed by atoms with van der Waals surface area (Å²) >= 11 is 0. The Bertz CT molecular complexity index is 676. The molecule has 3 rings (SSSR count). The summed E-state index contributed by atoms with van der Waals surface area (Å²) in [5.41, 5.74) is -0.650. The van der Waals surface area contributed by atoms with Crippen LogP contribution in [0.2, 0.25) is 0 Å². The summed E-state index contributed by atoms with van der Waals surface area (Å²) < 4.78 is 15.6. The molecule has 2 aromatic rings. The van der Waals surface area contributed by atoms with E-state index in [0.29, 0.717) is 0 Å². The van der Waals surface area contributed by atoms with Crippen LogP contribution in [0.5, 0.6) is 0 Å². The number of benzene rings is 1. The van der Waals surface area contributed by atoms with Crippen LogP contribution in [0.15, 0.2) is 30.3 Å². The number of fused-ring (bicyclic) bond motifs is 1. The lowest BCUT2D eigenvalue weighted by Gasteiger charge is -2.13. The van der Waals surface area contributed by atoms with Gasteiger partial charge in [-0.3, -0.25) is 4.79 Å². The lowest BCUT2D eigenvalue weighted by atomic mass is 10.0. The van der Waals surface area contributed by atoms with Gasteiger partial charge in [0.25, 0.3) is 0 Å². The third kappa shape index (κ3) is 2.35. The SMILES string of the molecule is CC(C)(O)C(=O)c1nc2n(n1)C(c1ccccc1)CC2F. The van der Waals surface area contributed by atoms with Crippen molar-refractivity contribution in [1.82, 2.24) is 14.8 Å². The van der Waals surface area contributed by atoms with Crippen LogP contribution in [0.3, 0.4) is 0 Å². The van der Waals surface area contributed by atoms with Gasteiger partial charge in [-0.1, -0.05) is 30.3 Å². The van der Waals surface area contributed by atoms with E-state index in [2.05, 4.69) is 10.1 Å². The number of rotatable bonds is 3. The maximum absolute atomic E-state index is 14.1. The largest absolute Gasteiger partial charge is 0.382 e. The zero-order valence-corrected chi connectivity index (χ0v) is 11.8. The van der Waals surface area contributed by atoms with Gasteiger partial charge in [-0.05, 0) is 19.4 Å². The van der Waals surface area contributed by atoms with E-state index < -0.39 is 17.6 Å². The first-order chi connectivity index (χ1) is 9.88. The maximum atomic E-state index is 14.1. The summed E-state index contributed by atoms with van der Waals surface area (Å²) in [6.07, 6.45) is -0.998. The minimum Gasteiger partial charge on any atom is -0.382 e. The van der Waals surface area contributed by atoms with E-state index in [9.17, 15) is 14.3 Å². The van der Waals surface area contributed by atoms with Gasteiger partial charge in [-0.2, -0.15) is 0 Å². The molecule has 1 aliphatic heterocycles. The number of carbonyl (C=O) groups excluding carboxylic acids is 1. The Morgan fingerprint density at radius 2 is 2.05 bits per heavy atom. The molecule has 110 valence electrons. The standard InChI is InChI=1S/C15H16FN3O2/c1-15(2,21)12(20)13-17-14-10(16)8-11(19(14)18-13)9-6-4-3-5-7-9/h3-7,10-11,21H,8H2,1-2H3. The number of halogens is 1. The molecule has 2 unspecified atom stereocenters. The van der Waals surface area contributed by atoms with Gasteiger partial charge >= 0.3 is 0 Å². The van der Waals surface area contributed by atoms with Gasteiger partial charge in [0, 0.05) is 6.42 Å². The molecule has 0 amide bonds. The van der Waals surface area contributed by atoms with Crippen molar-refractivity contribution in [1.29, 1.82) is 0 Å². The molecule has 2 heterocycles. The highest BCUT2D eigenvalue weighted by Gasteiger charge is 2.38. The Hall–Kier alpha value is -2.08. The van der Waals surface area contributed by atoms with Gasteiger partial charge in [0.1, 0.15) is 5.60 Å². The van der Waals surface area contributed by atoms with Crippen molar-refractivity contribution < 1.29 is 14.3 Å². The van der Waals surface area contributed by atoms with Crippen molar-refractivity contribution in [2.45, 2.75) is 38.1 Å². The quantitative estimate of drug-likeness (QED) is 0.880. The molecule has 0 spiro atoms. The van der Waals surface area contributed by atoms with Gasteiger partial charge in [0.05, 0.1) is 6.04 Å². The molecule has 0 aliphatic carbocycles. The molecule has 2 atom stereocenters. The van der Waals surface area contributed by atoms with Crippen molar-refractivity contribution >= 4 is 5.78 Å². The highest BCUT2D eigenvalue weighted by Crippen LogP contribution is 2.39. The van der Waals surface area contributed by atoms with E-state index in [1.807, 2.05) is 30.3 Å². The number of aromatic nitrogens is 3. The molecule has 1 aliphatic rings. The fraction of sp³-hybridized carbons (Fsp3) is 0.400. The number of Topliss-reactive ketones (excluding diaryl/α,β-unsaturated/α-hetero) is 1. The molecule has 0 bridgehead atoms. The molecule has 5 nitrogen and oxygen atoms in total. The van der Waals surface area contributed by atoms with Crippen LogP contribution in [0.1, 0.15) is 54.5 Å². The van der Waals surface area contributed by atoms with Gasteiger partial charge in [0.15, 0.2) is 12.0 Å². The molecule has 1 aromatic carbocycles. The molecular weight excluding hydrogens is 273 g/mol. The molecule has 1 N–H and O–H groups in total. The van der Waals surface area contributed by atoms with Crippen LogP contribution in [-0.2, 0) is 0 Å². The van der Waals surface area contributed by atoms with Crippen LogP contribution in [0, 0.1) is 0 Å². The summed E-state index contributed by atoms with van der Waals surface area (Å²) in [5, 5.41) is 13.9. The predicted octanol–water partition coefficient (Wildman–Crippen LogP) is 2.24. The normalized spacial score (nSPS) is 21.3. The Kier molecular flexibility index (Phi) is 3.13. The van der Waals surface area contributed by atoms with Gasteiger partial charge < -0.3 is 5.11 Å². The Balaban J connectivity index is 2.01. The maximum Gasteiger partial charge on any atom is 0.232 e. The van der Waals surface area contributed by atoms with Crippen molar-refractivity contribution in [3.05, 3.63) is 47.5 Å². The Morgan fingerprint density at radius 1 is 1.38 bits per heavy atom. The van der Waals surface area contributed by atoms with E-state index in [-0.39, 0.29) is 24.1 Å². The number of hydrogen-bond acceptors (Lipinski definition) is 4. The predicted molar refractivity (Wildman–Crippen MR) is 73.7 cm³/mol. The van der Waals surface area contributed by atoms with Gasteiger partial charge in [0.2, 0.25) is 11.6 Å². The molecule has 0 radical (unpaired) electrons. The summed E-state index contributed by atoms with van der Waals surface area (Å²) in [6, 6.07) is 9.15. The number of ketones is 1. The fourth-order valence-corrected chi connectivity index (χ4v) is 2.50. The highest BCUT2D eigenvalue weighted by atomic mass is 19.1. The number of alkyl halides is 1. The first-order valence-corrected chi connectivity index (χ1v) is 6.80. The average molecular weight is 289 g/mol. The second-order valence-corrected chi connectivity index (χ2v) is 5.76. The Morgan fingerprint density at radius 3 is 2.67 bits per heavy atom. The molecule has 6 heteroatoms. The monoisotopic (exact) mass is 289 g/mol. The number of nitrogens with zero attached hydrogens (tertiary/aromatic N) is 3. The minimum absolute atomic E-state index is 0.138. The van der Waals surface area contributed by atoms with Crippen LogP contribution in [0.4, 0.5) is 4.39 Å². The van der Waals surface area contributed by atoms with E-state index in [1.54, 1.807) is 0 Å². The Labute approximate surface area is 121 Å². The average Bonchev–Trinajstić information content (AvgIpc) is 2.99. The van der Waals surface area contributed by atoms with E-state index in [0.717, 1.165) is 5.56 Å². The highest BCUT2D eigenvalue weighted by molar-refractivity contribution is 5.98. The smallest absolute Gasteiger partial charge is 0.232 e. The van der Waals surface area contributed by atoms with Crippen molar-refractivity contribution in [3.63, 3.8) is 0 Å². The number of hydrogen-bond donors (Lipinski definition) is 1.